The molecule has 0 radical (unpaired) electrons. The van der Waals surface area contributed by atoms with Crippen LogP contribution >= 0.6 is 11.6 Å². The molecule has 2 aromatic rings. The van der Waals surface area contributed by atoms with E-state index >= 15 is 0 Å². The highest BCUT2D eigenvalue weighted by molar-refractivity contribution is 6.31. The van der Waals surface area contributed by atoms with Crippen molar-refractivity contribution < 1.29 is 9.13 Å². The van der Waals surface area contributed by atoms with E-state index < -0.39 is 0 Å². The molecule has 5 heteroatoms. The number of nitrogens with zero attached hydrogens (tertiary/aromatic N) is 1. The first-order valence-corrected chi connectivity index (χ1v) is 7.17. The normalized spacial score (nSPS) is 10.9. The van der Waals surface area contributed by atoms with Gasteiger partial charge in [-0.05, 0) is 24.3 Å². The van der Waals surface area contributed by atoms with Crippen LogP contribution in [0.15, 0.2) is 36.5 Å². The Bertz CT molecular complexity index is 587. The zero-order valence-corrected chi connectivity index (χ0v) is 12.8. The van der Waals surface area contributed by atoms with Crippen LogP contribution in [-0.4, -0.2) is 11.0 Å². The Morgan fingerprint density at radius 3 is 2.71 bits per heavy atom. The second-order valence-electron chi connectivity index (χ2n) is 5.05. The number of hydrogen-bond donors (Lipinski definition) is 1. The number of aromatic nitrogens is 1. The van der Waals surface area contributed by atoms with E-state index in [1.165, 1.54) is 12.1 Å². The SMILES string of the molecule is CC(C)NCc1ccc(OCc2ccc(F)cc2Cl)cn1. The van der Waals surface area contributed by atoms with Gasteiger partial charge in [-0.3, -0.25) is 4.98 Å². The summed E-state index contributed by atoms with van der Waals surface area (Å²) in [6.45, 7) is 5.18. The van der Waals surface area contributed by atoms with E-state index in [4.69, 9.17) is 16.3 Å². The molecule has 1 aromatic heterocycles. The summed E-state index contributed by atoms with van der Waals surface area (Å²) in [5, 5.41) is 3.66. The van der Waals surface area contributed by atoms with Crippen molar-refractivity contribution in [3.8, 4) is 5.75 Å². The van der Waals surface area contributed by atoms with E-state index in [1.54, 1.807) is 12.3 Å². The number of pyridine rings is 1. The van der Waals surface area contributed by atoms with Gasteiger partial charge in [0.2, 0.25) is 0 Å². The van der Waals surface area contributed by atoms with Crippen LogP contribution in [0.25, 0.3) is 0 Å². The molecule has 21 heavy (non-hydrogen) atoms. The number of halogens is 2. The lowest BCUT2D eigenvalue weighted by atomic mass is 10.2. The van der Waals surface area contributed by atoms with Crippen molar-refractivity contribution in [1.29, 1.82) is 0 Å². The Morgan fingerprint density at radius 1 is 1.29 bits per heavy atom. The van der Waals surface area contributed by atoms with Crippen LogP contribution in [0.2, 0.25) is 5.02 Å². The highest BCUT2D eigenvalue weighted by atomic mass is 35.5. The van der Waals surface area contributed by atoms with Crippen LogP contribution in [-0.2, 0) is 13.2 Å². The third-order valence-corrected chi connectivity index (χ3v) is 3.25. The van der Waals surface area contributed by atoms with Crippen molar-refractivity contribution in [3.05, 3.63) is 58.6 Å². The molecular weight excluding hydrogens is 291 g/mol. The van der Waals surface area contributed by atoms with Gasteiger partial charge in [0, 0.05) is 18.2 Å². The monoisotopic (exact) mass is 308 g/mol. The highest BCUT2D eigenvalue weighted by Gasteiger charge is 2.04. The second kappa shape index (κ2) is 7.38. The summed E-state index contributed by atoms with van der Waals surface area (Å²) in [5.41, 5.74) is 1.69. The first kappa shape index (κ1) is 15.7. The predicted octanol–water partition coefficient (Wildman–Crippen LogP) is 3.95. The van der Waals surface area contributed by atoms with Gasteiger partial charge in [0.15, 0.2) is 0 Å². The maximum Gasteiger partial charge on any atom is 0.138 e. The fraction of sp³-hybridized carbons (Fsp3) is 0.312. The predicted molar refractivity (Wildman–Crippen MR) is 82.0 cm³/mol. The van der Waals surface area contributed by atoms with Crippen molar-refractivity contribution >= 4 is 11.6 Å². The average molecular weight is 309 g/mol. The van der Waals surface area contributed by atoms with Crippen molar-refractivity contribution in [2.45, 2.75) is 33.0 Å². The number of hydrogen-bond acceptors (Lipinski definition) is 3. The van der Waals surface area contributed by atoms with Gasteiger partial charge in [-0.1, -0.05) is 31.5 Å². The number of ether oxygens (including phenoxy) is 1. The molecule has 0 bridgehead atoms. The van der Waals surface area contributed by atoms with Gasteiger partial charge < -0.3 is 10.1 Å². The van der Waals surface area contributed by atoms with Crippen molar-refractivity contribution in [2.75, 3.05) is 0 Å². The van der Waals surface area contributed by atoms with Gasteiger partial charge >= 0.3 is 0 Å². The van der Waals surface area contributed by atoms with Crippen LogP contribution in [0.1, 0.15) is 25.1 Å². The van der Waals surface area contributed by atoms with Crippen LogP contribution in [0, 0.1) is 5.82 Å². The summed E-state index contributed by atoms with van der Waals surface area (Å²) in [6.07, 6.45) is 1.68. The lowest BCUT2D eigenvalue weighted by Crippen LogP contribution is -2.22. The number of benzene rings is 1. The molecule has 1 aromatic carbocycles. The fourth-order valence-electron chi connectivity index (χ4n) is 1.71. The molecule has 1 N–H and O–H groups in total. The van der Waals surface area contributed by atoms with Crippen LogP contribution in [0.4, 0.5) is 4.39 Å². The Kier molecular flexibility index (Phi) is 5.53. The summed E-state index contributed by atoms with van der Waals surface area (Å²) in [5.74, 6) is 0.302. The molecule has 0 atom stereocenters. The molecule has 112 valence electrons. The van der Waals surface area contributed by atoms with Gasteiger partial charge in [-0.15, -0.1) is 0 Å². The molecule has 0 amide bonds. The van der Waals surface area contributed by atoms with E-state index in [1.807, 2.05) is 12.1 Å². The van der Waals surface area contributed by atoms with E-state index in [9.17, 15) is 4.39 Å². The molecule has 0 aliphatic rings. The number of rotatable bonds is 6. The largest absolute Gasteiger partial charge is 0.487 e. The van der Waals surface area contributed by atoms with Crippen LogP contribution in [0.3, 0.4) is 0 Å². The van der Waals surface area contributed by atoms with Crippen LogP contribution < -0.4 is 10.1 Å². The molecule has 0 saturated carbocycles. The maximum atomic E-state index is 12.9. The molecule has 0 unspecified atom stereocenters. The van der Waals surface area contributed by atoms with Gasteiger partial charge in [-0.25, -0.2) is 4.39 Å². The van der Waals surface area contributed by atoms with E-state index in [-0.39, 0.29) is 12.4 Å². The van der Waals surface area contributed by atoms with Gasteiger partial charge in [0.05, 0.1) is 16.9 Å². The molecule has 0 aliphatic heterocycles. The van der Waals surface area contributed by atoms with Gasteiger partial charge in [-0.2, -0.15) is 0 Å². The minimum atomic E-state index is -0.354. The molecule has 2 rings (SSSR count). The Hall–Kier alpha value is -1.65. The average Bonchev–Trinajstić information content (AvgIpc) is 2.45. The Labute approximate surface area is 129 Å². The van der Waals surface area contributed by atoms with Crippen molar-refractivity contribution in [1.82, 2.24) is 10.3 Å². The quantitative estimate of drug-likeness (QED) is 0.877. The smallest absolute Gasteiger partial charge is 0.138 e. The third kappa shape index (κ3) is 4.99. The fourth-order valence-corrected chi connectivity index (χ4v) is 1.93. The molecule has 3 nitrogen and oxygen atoms in total. The zero-order chi connectivity index (χ0) is 15.2. The topological polar surface area (TPSA) is 34.1 Å². The molecule has 0 fully saturated rings. The summed E-state index contributed by atoms with van der Waals surface area (Å²) in [7, 11) is 0. The lowest BCUT2D eigenvalue weighted by molar-refractivity contribution is 0.304. The number of nitrogens with one attached hydrogen (secondary N) is 1. The summed E-state index contributed by atoms with van der Waals surface area (Å²) in [4.78, 5) is 4.32. The van der Waals surface area contributed by atoms with E-state index in [0.29, 0.717) is 16.8 Å². The first-order valence-electron chi connectivity index (χ1n) is 6.79. The molecule has 1 heterocycles. The zero-order valence-electron chi connectivity index (χ0n) is 12.1. The Morgan fingerprint density at radius 2 is 2.10 bits per heavy atom. The van der Waals surface area contributed by atoms with E-state index in [0.717, 1.165) is 17.8 Å². The summed E-state index contributed by atoms with van der Waals surface area (Å²) in [6, 6.07) is 8.45. The van der Waals surface area contributed by atoms with E-state index in [2.05, 4.69) is 24.1 Å². The first-order chi connectivity index (χ1) is 10.0. The second-order valence-corrected chi connectivity index (χ2v) is 5.45. The lowest BCUT2D eigenvalue weighted by Gasteiger charge is -2.09. The minimum Gasteiger partial charge on any atom is -0.487 e. The van der Waals surface area contributed by atoms with Crippen molar-refractivity contribution in [2.24, 2.45) is 0 Å². The summed E-state index contributed by atoms with van der Waals surface area (Å²) < 4.78 is 18.5. The molecular formula is C16H18ClFN2O. The standard InChI is InChI=1S/C16H18ClFN2O/c1-11(2)19-8-14-5-6-15(9-20-14)21-10-12-3-4-13(18)7-16(12)17/h3-7,9,11,19H,8,10H2,1-2H3. The van der Waals surface area contributed by atoms with Gasteiger partial charge in [0.25, 0.3) is 0 Å². The van der Waals surface area contributed by atoms with Crippen LogP contribution in [0.5, 0.6) is 5.75 Å². The minimum absolute atomic E-state index is 0.282. The Balaban J connectivity index is 1.91. The maximum absolute atomic E-state index is 12.9. The molecule has 0 saturated heterocycles. The van der Waals surface area contributed by atoms with Gasteiger partial charge in [0.1, 0.15) is 18.2 Å². The third-order valence-electron chi connectivity index (χ3n) is 2.90. The summed E-state index contributed by atoms with van der Waals surface area (Å²) >= 11 is 5.95. The molecule has 0 aliphatic carbocycles. The molecule has 0 spiro atoms. The highest BCUT2D eigenvalue weighted by Crippen LogP contribution is 2.19. The van der Waals surface area contributed by atoms with Crippen molar-refractivity contribution in [3.63, 3.8) is 0 Å².